The van der Waals surface area contributed by atoms with Crippen molar-refractivity contribution in [3.8, 4) is 0 Å². The summed E-state index contributed by atoms with van der Waals surface area (Å²) in [4.78, 5) is 19.2. The quantitative estimate of drug-likeness (QED) is 0.679. The molecule has 1 aromatic heterocycles. The standard InChI is InChI=1S/C12H21N5O/c1-4-5-14-11-10(8(2)3)12(17-7-16-11)15-6-9(13)18/h7-8H,4-6H2,1-3H3,(H2,13,18)(H2,14,15,16,17). The summed E-state index contributed by atoms with van der Waals surface area (Å²) in [6.45, 7) is 7.14. The lowest BCUT2D eigenvalue weighted by Crippen LogP contribution is -2.23. The van der Waals surface area contributed by atoms with Crippen LogP contribution in [0, 0.1) is 0 Å². The molecule has 100 valence electrons. The average molecular weight is 251 g/mol. The van der Waals surface area contributed by atoms with Gasteiger partial charge < -0.3 is 16.4 Å². The molecule has 0 aliphatic rings. The lowest BCUT2D eigenvalue weighted by molar-refractivity contribution is -0.116. The first-order valence-corrected chi connectivity index (χ1v) is 6.17. The molecule has 0 spiro atoms. The monoisotopic (exact) mass is 251 g/mol. The minimum atomic E-state index is -0.411. The van der Waals surface area contributed by atoms with E-state index in [4.69, 9.17) is 5.73 Å². The fourth-order valence-corrected chi connectivity index (χ4v) is 1.64. The number of aromatic nitrogens is 2. The molecule has 0 aliphatic heterocycles. The Balaban J connectivity index is 2.97. The number of nitrogens with one attached hydrogen (secondary N) is 2. The summed E-state index contributed by atoms with van der Waals surface area (Å²) in [5.74, 6) is 1.32. The molecule has 0 unspecified atom stereocenters. The molecular weight excluding hydrogens is 230 g/mol. The molecular formula is C12H21N5O. The molecule has 0 aromatic carbocycles. The van der Waals surface area contributed by atoms with Crippen LogP contribution in [0.4, 0.5) is 11.6 Å². The van der Waals surface area contributed by atoms with Crippen LogP contribution in [0.3, 0.4) is 0 Å². The summed E-state index contributed by atoms with van der Waals surface area (Å²) in [7, 11) is 0. The normalized spacial score (nSPS) is 10.4. The van der Waals surface area contributed by atoms with Crippen LogP contribution in [0.25, 0.3) is 0 Å². The Labute approximate surface area is 107 Å². The van der Waals surface area contributed by atoms with Gasteiger partial charge in [0.1, 0.15) is 18.0 Å². The molecule has 4 N–H and O–H groups in total. The predicted molar refractivity (Wildman–Crippen MR) is 72.6 cm³/mol. The molecule has 0 atom stereocenters. The predicted octanol–water partition coefficient (Wildman–Crippen LogP) is 1.32. The summed E-state index contributed by atoms with van der Waals surface area (Å²) < 4.78 is 0. The first-order valence-electron chi connectivity index (χ1n) is 6.17. The molecule has 1 aromatic rings. The van der Waals surface area contributed by atoms with Gasteiger partial charge in [-0.2, -0.15) is 0 Å². The third-order valence-electron chi connectivity index (χ3n) is 2.43. The number of nitrogens with zero attached hydrogens (tertiary/aromatic N) is 2. The van der Waals surface area contributed by atoms with Gasteiger partial charge >= 0.3 is 0 Å². The highest BCUT2D eigenvalue weighted by atomic mass is 16.1. The van der Waals surface area contributed by atoms with E-state index in [1.165, 1.54) is 6.33 Å². The maximum absolute atomic E-state index is 10.8. The first kappa shape index (κ1) is 14.2. The SMILES string of the molecule is CCCNc1ncnc(NCC(N)=O)c1C(C)C. The van der Waals surface area contributed by atoms with Gasteiger partial charge in [0.15, 0.2) is 0 Å². The van der Waals surface area contributed by atoms with Crippen molar-refractivity contribution in [2.45, 2.75) is 33.1 Å². The first-order chi connectivity index (χ1) is 8.56. The molecule has 18 heavy (non-hydrogen) atoms. The number of nitrogens with two attached hydrogens (primary N) is 1. The number of hydrogen-bond acceptors (Lipinski definition) is 5. The Kier molecular flexibility index (Phi) is 5.35. The van der Waals surface area contributed by atoms with E-state index >= 15 is 0 Å². The van der Waals surface area contributed by atoms with Crippen LogP contribution in [0.5, 0.6) is 0 Å². The van der Waals surface area contributed by atoms with Crippen molar-refractivity contribution >= 4 is 17.5 Å². The van der Waals surface area contributed by atoms with Crippen LogP contribution in [0.1, 0.15) is 38.7 Å². The summed E-state index contributed by atoms with van der Waals surface area (Å²) in [6, 6.07) is 0. The number of carbonyl (C=O) groups excluding carboxylic acids is 1. The summed E-state index contributed by atoms with van der Waals surface area (Å²) in [5.41, 5.74) is 6.10. The molecule has 1 amide bonds. The zero-order chi connectivity index (χ0) is 13.5. The highest BCUT2D eigenvalue weighted by Gasteiger charge is 2.14. The zero-order valence-corrected chi connectivity index (χ0v) is 11.2. The third kappa shape index (κ3) is 3.87. The van der Waals surface area contributed by atoms with Crippen LogP contribution in [-0.2, 0) is 4.79 Å². The topological polar surface area (TPSA) is 92.9 Å². The van der Waals surface area contributed by atoms with Crippen molar-refractivity contribution in [3.05, 3.63) is 11.9 Å². The van der Waals surface area contributed by atoms with Crippen molar-refractivity contribution in [3.63, 3.8) is 0 Å². The van der Waals surface area contributed by atoms with Gasteiger partial charge in [-0.25, -0.2) is 9.97 Å². The van der Waals surface area contributed by atoms with Crippen LogP contribution < -0.4 is 16.4 Å². The van der Waals surface area contributed by atoms with Crippen molar-refractivity contribution in [1.29, 1.82) is 0 Å². The molecule has 6 nitrogen and oxygen atoms in total. The van der Waals surface area contributed by atoms with E-state index in [0.29, 0.717) is 5.82 Å². The van der Waals surface area contributed by atoms with E-state index in [1.54, 1.807) is 0 Å². The van der Waals surface area contributed by atoms with Gasteiger partial charge in [0.25, 0.3) is 0 Å². The fraction of sp³-hybridized carbons (Fsp3) is 0.583. The van der Waals surface area contributed by atoms with Crippen molar-refractivity contribution in [2.75, 3.05) is 23.7 Å². The maximum Gasteiger partial charge on any atom is 0.236 e. The number of anilines is 2. The minimum Gasteiger partial charge on any atom is -0.370 e. The second-order valence-corrected chi connectivity index (χ2v) is 4.39. The zero-order valence-electron chi connectivity index (χ0n) is 11.2. The van der Waals surface area contributed by atoms with Gasteiger partial charge in [-0.1, -0.05) is 20.8 Å². The Morgan fingerprint density at radius 1 is 1.33 bits per heavy atom. The minimum absolute atomic E-state index is 0.0734. The fourth-order valence-electron chi connectivity index (χ4n) is 1.64. The molecule has 0 radical (unpaired) electrons. The van der Waals surface area contributed by atoms with Crippen LogP contribution >= 0.6 is 0 Å². The number of rotatable bonds is 7. The van der Waals surface area contributed by atoms with Gasteiger partial charge in [-0.3, -0.25) is 4.79 Å². The van der Waals surface area contributed by atoms with E-state index in [0.717, 1.165) is 24.3 Å². The Morgan fingerprint density at radius 3 is 2.44 bits per heavy atom. The lowest BCUT2D eigenvalue weighted by Gasteiger charge is -2.17. The van der Waals surface area contributed by atoms with Gasteiger partial charge in [0.2, 0.25) is 5.91 Å². The van der Waals surface area contributed by atoms with Crippen molar-refractivity contribution < 1.29 is 4.79 Å². The van der Waals surface area contributed by atoms with E-state index in [2.05, 4.69) is 41.4 Å². The number of amides is 1. The Morgan fingerprint density at radius 2 is 1.94 bits per heavy atom. The summed E-state index contributed by atoms with van der Waals surface area (Å²) in [5, 5.41) is 6.21. The highest BCUT2D eigenvalue weighted by Crippen LogP contribution is 2.28. The van der Waals surface area contributed by atoms with E-state index in [-0.39, 0.29) is 12.5 Å². The van der Waals surface area contributed by atoms with E-state index in [1.807, 2.05) is 0 Å². The molecule has 0 aliphatic carbocycles. The number of primary amides is 1. The number of hydrogen-bond donors (Lipinski definition) is 3. The highest BCUT2D eigenvalue weighted by molar-refractivity contribution is 5.79. The molecule has 0 fully saturated rings. The summed E-state index contributed by atoms with van der Waals surface area (Å²) in [6.07, 6.45) is 2.50. The number of carbonyl (C=O) groups is 1. The third-order valence-corrected chi connectivity index (χ3v) is 2.43. The van der Waals surface area contributed by atoms with Gasteiger partial charge in [0.05, 0.1) is 6.54 Å². The second kappa shape index (κ2) is 6.78. The van der Waals surface area contributed by atoms with Crippen LogP contribution in [-0.4, -0.2) is 29.0 Å². The van der Waals surface area contributed by atoms with Gasteiger partial charge in [-0.15, -0.1) is 0 Å². The largest absolute Gasteiger partial charge is 0.370 e. The van der Waals surface area contributed by atoms with Crippen molar-refractivity contribution in [1.82, 2.24) is 9.97 Å². The molecule has 6 heteroatoms. The average Bonchev–Trinajstić information content (AvgIpc) is 2.33. The van der Waals surface area contributed by atoms with E-state index < -0.39 is 5.91 Å². The van der Waals surface area contributed by atoms with E-state index in [9.17, 15) is 4.79 Å². The van der Waals surface area contributed by atoms with Crippen molar-refractivity contribution in [2.24, 2.45) is 5.73 Å². The summed E-state index contributed by atoms with van der Waals surface area (Å²) >= 11 is 0. The van der Waals surface area contributed by atoms with Crippen LogP contribution in [0.15, 0.2) is 6.33 Å². The molecule has 0 saturated carbocycles. The molecule has 0 saturated heterocycles. The molecule has 1 rings (SSSR count). The van der Waals surface area contributed by atoms with Crippen LogP contribution in [0.2, 0.25) is 0 Å². The van der Waals surface area contributed by atoms with Gasteiger partial charge in [0, 0.05) is 12.1 Å². The Bertz CT molecular complexity index is 405. The molecule has 1 heterocycles. The van der Waals surface area contributed by atoms with Gasteiger partial charge in [-0.05, 0) is 12.3 Å². The smallest absolute Gasteiger partial charge is 0.236 e. The lowest BCUT2D eigenvalue weighted by atomic mass is 10.0. The second-order valence-electron chi connectivity index (χ2n) is 4.39. The maximum atomic E-state index is 10.8. The molecule has 0 bridgehead atoms. The Hall–Kier alpha value is -1.85.